The van der Waals surface area contributed by atoms with Crippen molar-refractivity contribution >= 4 is 32.9 Å². The molecule has 3 heterocycles. The molecule has 0 amide bonds. The zero-order valence-corrected chi connectivity index (χ0v) is 12.2. The van der Waals surface area contributed by atoms with Crippen LogP contribution in [0.3, 0.4) is 0 Å². The number of aryl methyl sites for hydroxylation is 1. The molecule has 0 radical (unpaired) electrons. The van der Waals surface area contributed by atoms with E-state index in [2.05, 4.69) is 22.1 Å². The number of nitrogens with zero attached hydrogens (tertiary/aromatic N) is 5. The first-order valence-corrected chi connectivity index (χ1v) is 7.44. The Labute approximate surface area is 123 Å². The Morgan fingerprint density at radius 3 is 2.70 bits per heavy atom. The van der Waals surface area contributed by atoms with Crippen LogP contribution in [0, 0.1) is 0 Å². The molecule has 4 aromatic rings. The van der Waals surface area contributed by atoms with E-state index in [9.17, 15) is 0 Å². The molecule has 0 saturated heterocycles. The van der Waals surface area contributed by atoms with Crippen LogP contribution in [0.15, 0.2) is 30.5 Å². The monoisotopic (exact) mass is 303 g/mol. The fraction of sp³-hybridized carbons (Fsp3) is 0.154. The quantitative estimate of drug-likeness (QED) is 0.571. The zero-order valence-electron chi connectivity index (χ0n) is 10.6. The molecule has 0 N–H and O–H groups in total. The van der Waals surface area contributed by atoms with E-state index in [1.807, 2.05) is 39.5 Å². The standard InChI is InChI=1S/C13H10ClN5S/c1-2-11-16-17-13-19(11)18-7-10(15-12(18)20-13)8-3-5-9(14)6-4-8/h3-7H,2H2,1H3. The summed E-state index contributed by atoms with van der Waals surface area (Å²) < 4.78 is 4.01. The average molecular weight is 304 g/mol. The van der Waals surface area contributed by atoms with Crippen molar-refractivity contribution in [3.05, 3.63) is 41.3 Å². The fourth-order valence-corrected chi connectivity index (χ4v) is 3.23. The van der Waals surface area contributed by atoms with E-state index in [1.165, 1.54) is 11.3 Å². The Bertz CT molecular complexity index is 902. The molecule has 3 aromatic heterocycles. The van der Waals surface area contributed by atoms with Crippen LogP contribution >= 0.6 is 22.9 Å². The summed E-state index contributed by atoms with van der Waals surface area (Å²) in [6.45, 7) is 2.07. The second-order valence-corrected chi connectivity index (χ2v) is 5.80. The van der Waals surface area contributed by atoms with Gasteiger partial charge in [-0.1, -0.05) is 42.0 Å². The van der Waals surface area contributed by atoms with Crippen molar-refractivity contribution in [2.24, 2.45) is 0 Å². The van der Waals surface area contributed by atoms with E-state index in [1.54, 1.807) is 0 Å². The summed E-state index contributed by atoms with van der Waals surface area (Å²) in [5.41, 5.74) is 1.97. The minimum absolute atomic E-state index is 0.726. The van der Waals surface area contributed by atoms with Gasteiger partial charge in [0, 0.05) is 17.0 Å². The van der Waals surface area contributed by atoms with Crippen molar-refractivity contribution in [2.75, 3.05) is 0 Å². The number of halogens is 1. The van der Waals surface area contributed by atoms with Gasteiger partial charge in [-0.15, -0.1) is 10.2 Å². The van der Waals surface area contributed by atoms with Gasteiger partial charge in [-0.3, -0.25) is 0 Å². The molecular weight excluding hydrogens is 294 g/mol. The first kappa shape index (κ1) is 11.9. The van der Waals surface area contributed by atoms with E-state index >= 15 is 0 Å². The summed E-state index contributed by atoms with van der Waals surface area (Å²) in [5, 5.41) is 9.07. The van der Waals surface area contributed by atoms with Crippen LogP contribution < -0.4 is 0 Å². The molecule has 0 atom stereocenters. The molecule has 0 bridgehead atoms. The number of hydrogen-bond donors (Lipinski definition) is 0. The molecule has 0 aliphatic carbocycles. The van der Waals surface area contributed by atoms with Gasteiger partial charge >= 0.3 is 0 Å². The number of aromatic nitrogens is 5. The van der Waals surface area contributed by atoms with Crippen LogP contribution in [0.2, 0.25) is 5.02 Å². The Morgan fingerprint density at radius 1 is 1.15 bits per heavy atom. The smallest absolute Gasteiger partial charge is 0.224 e. The van der Waals surface area contributed by atoms with Gasteiger partial charge in [0.1, 0.15) is 0 Å². The van der Waals surface area contributed by atoms with Crippen molar-refractivity contribution in [1.82, 2.24) is 24.2 Å². The summed E-state index contributed by atoms with van der Waals surface area (Å²) in [7, 11) is 0. The molecule has 0 aliphatic rings. The maximum Gasteiger partial charge on any atom is 0.235 e. The summed E-state index contributed by atoms with van der Waals surface area (Å²) in [4.78, 5) is 6.43. The van der Waals surface area contributed by atoms with E-state index < -0.39 is 0 Å². The lowest BCUT2D eigenvalue weighted by Gasteiger charge is -1.96. The highest BCUT2D eigenvalue weighted by molar-refractivity contribution is 7.21. The van der Waals surface area contributed by atoms with Crippen molar-refractivity contribution < 1.29 is 0 Å². The van der Waals surface area contributed by atoms with Crippen molar-refractivity contribution in [3.8, 4) is 11.3 Å². The molecule has 0 unspecified atom stereocenters. The van der Waals surface area contributed by atoms with E-state index in [0.717, 1.165) is 38.4 Å². The van der Waals surface area contributed by atoms with E-state index in [4.69, 9.17) is 11.6 Å². The Kier molecular flexibility index (Phi) is 2.55. The molecular formula is C13H10ClN5S. The zero-order chi connectivity index (χ0) is 13.7. The predicted octanol–water partition coefficient (Wildman–Crippen LogP) is 3.32. The second-order valence-electron chi connectivity index (χ2n) is 4.43. The maximum absolute atomic E-state index is 5.92. The van der Waals surface area contributed by atoms with Crippen molar-refractivity contribution in [3.63, 3.8) is 0 Å². The van der Waals surface area contributed by atoms with Gasteiger partial charge in [-0.2, -0.15) is 0 Å². The Balaban J connectivity index is 1.94. The van der Waals surface area contributed by atoms with Crippen LogP contribution in [-0.4, -0.2) is 24.2 Å². The Morgan fingerprint density at radius 2 is 1.95 bits per heavy atom. The number of rotatable bonds is 2. The van der Waals surface area contributed by atoms with Gasteiger partial charge in [-0.05, 0) is 12.1 Å². The lowest BCUT2D eigenvalue weighted by molar-refractivity contribution is 0.789. The van der Waals surface area contributed by atoms with Gasteiger partial charge in [0.2, 0.25) is 9.92 Å². The summed E-state index contributed by atoms with van der Waals surface area (Å²) >= 11 is 7.45. The lowest BCUT2D eigenvalue weighted by Crippen LogP contribution is -1.97. The molecule has 7 heteroatoms. The largest absolute Gasteiger partial charge is 0.235 e. The van der Waals surface area contributed by atoms with Crippen LogP contribution in [0.4, 0.5) is 0 Å². The van der Waals surface area contributed by atoms with Crippen LogP contribution in [0.25, 0.3) is 21.2 Å². The summed E-state index contributed by atoms with van der Waals surface area (Å²) in [6, 6.07) is 7.68. The topological polar surface area (TPSA) is 47.5 Å². The Hall–Kier alpha value is -1.92. The van der Waals surface area contributed by atoms with Gasteiger partial charge in [0.05, 0.1) is 11.9 Å². The molecule has 0 spiro atoms. The van der Waals surface area contributed by atoms with Gasteiger partial charge in [0.15, 0.2) is 5.82 Å². The lowest BCUT2D eigenvalue weighted by atomic mass is 10.2. The first-order valence-electron chi connectivity index (χ1n) is 6.24. The number of imidazole rings is 1. The normalized spacial score (nSPS) is 11.7. The summed E-state index contributed by atoms with van der Waals surface area (Å²) in [6.07, 6.45) is 2.84. The van der Waals surface area contributed by atoms with Crippen LogP contribution in [-0.2, 0) is 6.42 Å². The fourth-order valence-electron chi connectivity index (χ4n) is 2.20. The number of benzene rings is 1. The molecule has 0 saturated carbocycles. The third-order valence-electron chi connectivity index (χ3n) is 3.19. The molecule has 5 nitrogen and oxygen atoms in total. The average Bonchev–Trinajstić information content (AvgIpc) is 3.09. The number of fused-ring (bicyclic) bond motifs is 3. The van der Waals surface area contributed by atoms with Crippen molar-refractivity contribution in [2.45, 2.75) is 13.3 Å². The third-order valence-corrected chi connectivity index (χ3v) is 4.34. The van der Waals surface area contributed by atoms with Gasteiger partial charge < -0.3 is 0 Å². The maximum atomic E-state index is 5.92. The molecule has 100 valence electrons. The first-order chi connectivity index (χ1) is 9.76. The molecule has 4 rings (SSSR count). The minimum Gasteiger partial charge on any atom is -0.224 e. The van der Waals surface area contributed by atoms with Gasteiger partial charge in [0.25, 0.3) is 0 Å². The highest BCUT2D eigenvalue weighted by Crippen LogP contribution is 2.25. The molecule has 0 fully saturated rings. The van der Waals surface area contributed by atoms with E-state index in [-0.39, 0.29) is 0 Å². The molecule has 1 aromatic carbocycles. The van der Waals surface area contributed by atoms with Gasteiger partial charge in [-0.25, -0.2) is 14.0 Å². The van der Waals surface area contributed by atoms with Crippen molar-refractivity contribution in [1.29, 1.82) is 0 Å². The SMILES string of the molecule is CCc1nnc2sc3nc(-c4ccc(Cl)cc4)cn3n12. The molecule has 0 aliphatic heterocycles. The second kappa shape index (κ2) is 4.29. The third kappa shape index (κ3) is 1.65. The van der Waals surface area contributed by atoms with E-state index in [0.29, 0.717) is 0 Å². The predicted molar refractivity (Wildman–Crippen MR) is 79.4 cm³/mol. The minimum atomic E-state index is 0.726. The summed E-state index contributed by atoms with van der Waals surface area (Å²) in [5.74, 6) is 0.936. The highest BCUT2D eigenvalue weighted by atomic mass is 35.5. The van der Waals surface area contributed by atoms with Crippen LogP contribution in [0.1, 0.15) is 12.7 Å². The number of hydrogen-bond acceptors (Lipinski definition) is 4. The molecule has 20 heavy (non-hydrogen) atoms. The van der Waals surface area contributed by atoms with Crippen LogP contribution in [0.5, 0.6) is 0 Å². The highest BCUT2D eigenvalue weighted by Gasteiger charge is 2.14.